The van der Waals surface area contributed by atoms with Gasteiger partial charge in [0.1, 0.15) is 0 Å². The standard InChI is InChI=1S/C16H18O/c1-16(2)13-8-9-14(16)15(17)12(13)10-11-6-4-3-5-7-11/h3-7,10,13-14H,8-9H2,1-2H3/b12-10-. The second-order valence-corrected chi connectivity index (χ2v) is 5.88. The molecular formula is C16H18O. The molecule has 2 aliphatic carbocycles. The molecule has 1 aromatic rings. The maximum absolute atomic E-state index is 12.3. The van der Waals surface area contributed by atoms with Gasteiger partial charge in [0.2, 0.25) is 0 Å². The Kier molecular flexibility index (Phi) is 2.25. The van der Waals surface area contributed by atoms with E-state index in [0.29, 0.717) is 11.7 Å². The number of hydrogen-bond donors (Lipinski definition) is 0. The second kappa shape index (κ2) is 3.56. The highest BCUT2D eigenvalue weighted by Crippen LogP contribution is 2.58. The Bertz CT molecular complexity index is 482. The topological polar surface area (TPSA) is 17.1 Å². The zero-order valence-electron chi connectivity index (χ0n) is 10.4. The first-order chi connectivity index (χ1) is 8.10. The first-order valence-electron chi connectivity index (χ1n) is 6.41. The highest BCUT2D eigenvalue weighted by Gasteiger charge is 2.55. The summed E-state index contributed by atoms with van der Waals surface area (Å²) < 4.78 is 0. The van der Waals surface area contributed by atoms with Crippen LogP contribution in [0.1, 0.15) is 32.3 Å². The average molecular weight is 226 g/mol. The largest absolute Gasteiger partial charge is 0.294 e. The van der Waals surface area contributed by atoms with Gasteiger partial charge in [0, 0.05) is 5.92 Å². The van der Waals surface area contributed by atoms with E-state index in [9.17, 15) is 4.79 Å². The average Bonchev–Trinajstić information content (AvgIpc) is 2.69. The van der Waals surface area contributed by atoms with E-state index in [0.717, 1.165) is 17.6 Å². The van der Waals surface area contributed by atoms with Crippen molar-refractivity contribution < 1.29 is 4.79 Å². The number of ketones is 1. The van der Waals surface area contributed by atoms with Crippen LogP contribution in [0.5, 0.6) is 0 Å². The van der Waals surface area contributed by atoms with Crippen LogP contribution in [0.15, 0.2) is 35.9 Å². The lowest BCUT2D eigenvalue weighted by Crippen LogP contribution is -2.19. The smallest absolute Gasteiger partial charge is 0.162 e. The molecule has 17 heavy (non-hydrogen) atoms. The predicted octanol–water partition coefficient (Wildman–Crippen LogP) is 3.71. The van der Waals surface area contributed by atoms with E-state index in [1.807, 2.05) is 18.2 Å². The van der Waals surface area contributed by atoms with Gasteiger partial charge < -0.3 is 0 Å². The monoisotopic (exact) mass is 226 g/mol. The van der Waals surface area contributed by atoms with Crippen LogP contribution in [-0.4, -0.2) is 5.78 Å². The highest BCUT2D eigenvalue weighted by atomic mass is 16.1. The lowest BCUT2D eigenvalue weighted by Gasteiger charge is -2.22. The highest BCUT2D eigenvalue weighted by molar-refractivity contribution is 6.05. The summed E-state index contributed by atoms with van der Waals surface area (Å²) in [6.45, 7) is 4.50. The quantitative estimate of drug-likeness (QED) is 0.667. The van der Waals surface area contributed by atoms with Crippen LogP contribution in [0.3, 0.4) is 0 Å². The maximum Gasteiger partial charge on any atom is 0.162 e. The molecule has 2 atom stereocenters. The zero-order valence-corrected chi connectivity index (χ0v) is 10.4. The zero-order chi connectivity index (χ0) is 12.0. The Morgan fingerprint density at radius 1 is 1.12 bits per heavy atom. The summed E-state index contributed by atoms with van der Waals surface area (Å²) in [4.78, 5) is 12.3. The minimum Gasteiger partial charge on any atom is -0.294 e. The molecule has 0 saturated heterocycles. The summed E-state index contributed by atoms with van der Waals surface area (Å²) in [5.41, 5.74) is 2.40. The molecule has 2 aliphatic rings. The molecule has 0 amide bonds. The van der Waals surface area contributed by atoms with Crippen molar-refractivity contribution in [3.8, 4) is 0 Å². The summed E-state index contributed by atoms with van der Waals surface area (Å²) in [5, 5.41) is 0. The molecule has 2 unspecified atom stereocenters. The van der Waals surface area contributed by atoms with E-state index in [4.69, 9.17) is 0 Å². The van der Waals surface area contributed by atoms with Crippen molar-refractivity contribution in [3.05, 3.63) is 41.5 Å². The number of allylic oxidation sites excluding steroid dienone is 1. The molecule has 88 valence electrons. The minimum atomic E-state index is 0.178. The van der Waals surface area contributed by atoms with Crippen LogP contribution >= 0.6 is 0 Å². The molecule has 1 aromatic carbocycles. The molecule has 0 heterocycles. The van der Waals surface area contributed by atoms with E-state index in [-0.39, 0.29) is 11.3 Å². The Hall–Kier alpha value is -1.37. The Balaban J connectivity index is 2.01. The molecule has 0 spiro atoms. The van der Waals surface area contributed by atoms with Crippen molar-refractivity contribution in [1.82, 2.24) is 0 Å². The van der Waals surface area contributed by atoms with Gasteiger partial charge >= 0.3 is 0 Å². The number of hydrogen-bond acceptors (Lipinski definition) is 1. The van der Waals surface area contributed by atoms with Crippen LogP contribution in [-0.2, 0) is 4.79 Å². The fraction of sp³-hybridized carbons (Fsp3) is 0.438. The Labute approximate surface area is 103 Å². The summed E-state index contributed by atoms with van der Waals surface area (Å²) >= 11 is 0. The predicted molar refractivity (Wildman–Crippen MR) is 69.4 cm³/mol. The SMILES string of the molecule is CC1(C)C2CCC1/C(=C/c1ccccc1)C2=O. The summed E-state index contributed by atoms with van der Waals surface area (Å²) in [6.07, 6.45) is 4.37. The molecule has 0 aromatic heterocycles. The van der Waals surface area contributed by atoms with Crippen LogP contribution < -0.4 is 0 Å². The van der Waals surface area contributed by atoms with Crippen LogP contribution in [0.4, 0.5) is 0 Å². The number of fused-ring (bicyclic) bond motifs is 2. The maximum atomic E-state index is 12.3. The molecule has 3 rings (SSSR count). The lowest BCUT2D eigenvalue weighted by atomic mass is 9.81. The third-order valence-corrected chi connectivity index (χ3v) is 4.64. The molecule has 1 heteroatoms. The fourth-order valence-electron chi connectivity index (χ4n) is 3.62. The van der Waals surface area contributed by atoms with Crippen molar-refractivity contribution >= 4 is 11.9 Å². The fourth-order valence-corrected chi connectivity index (χ4v) is 3.62. The van der Waals surface area contributed by atoms with Gasteiger partial charge in [-0.05, 0) is 41.4 Å². The summed E-state index contributed by atoms with van der Waals surface area (Å²) in [5.74, 6) is 1.14. The molecule has 0 N–H and O–H groups in total. The third-order valence-electron chi connectivity index (χ3n) is 4.64. The minimum absolute atomic E-state index is 0.178. The van der Waals surface area contributed by atoms with Crippen molar-refractivity contribution in [2.75, 3.05) is 0 Å². The third kappa shape index (κ3) is 1.49. The van der Waals surface area contributed by atoms with E-state index in [1.165, 1.54) is 6.42 Å². The van der Waals surface area contributed by atoms with Crippen molar-refractivity contribution in [2.24, 2.45) is 17.3 Å². The number of carbonyl (C=O) groups excluding carboxylic acids is 1. The van der Waals surface area contributed by atoms with E-state index in [1.54, 1.807) is 0 Å². The van der Waals surface area contributed by atoms with Gasteiger partial charge in [0.05, 0.1) is 0 Å². The normalized spacial score (nSPS) is 32.4. The van der Waals surface area contributed by atoms with Crippen LogP contribution in [0.25, 0.3) is 6.08 Å². The second-order valence-electron chi connectivity index (χ2n) is 5.88. The van der Waals surface area contributed by atoms with Gasteiger partial charge in [0.15, 0.2) is 5.78 Å². The Morgan fingerprint density at radius 3 is 2.35 bits per heavy atom. The van der Waals surface area contributed by atoms with Gasteiger partial charge in [0.25, 0.3) is 0 Å². The van der Waals surface area contributed by atoms with Crippen molar-refractivity contribution in [2.45, 2.75) is 26.7 Å². The molecule has 2 bridgehead atoms. The molecule has 2 saturated carbocycles. The van der Waals surface area contributed by atoms with Gasteiger partial charge in [-0.15, -0.1) is 0 Å². The van der Waals surface area contributed by atoms with E-state index < -0.39 is 0 Å². The number of carbonyl (C=O) groups is 1. The first-order valence-corrected chi connectivity index (χ1v) is 6.41. The summed E-state index contributed by atoms with van der Waals surface area (Å²) in [6, 6.07) is 10.2. The molecular weight excluding hydrogens is 208 g/mol. The molecule has 0 radical (unpaired) electrons. The number of rotatable bonds is 1. The van der Waals surface area contributed by atoms with Gasteiger partial charge in [-0.3, -0.25) is 4.79 Å². The number of benzene rings is 1. The molecule has 2 fully saturated rings. The Morgan fingerprint density at radius 2 is 1.76 bits per heavy atom. The molecule has 0 aliphatic heterocycles. The summed E-state index contributed by atoms with van der Waals surface area (Å²) in [7, 11) is 0. The van der Waals surface area contributed by atoms with Gasteiger partial charge in [-0.25, -0.2) is 0 Å². The van der Waals surface area contributed by atoms with E-state index in [2.05, 4.69) is 32.1 Å². The van der Waals surface area contributed by atoms with Gasteiger partial charge in [-0.2, -0.15) is 0 Å². The number of Topliss-reactive ketones (excluding diaryl/α,β-unsaturated/α-hetero) is 1. The van der Waals surface area contributed by atoms with Gasteiger partial charge in [-0.1, -0.05) is 44.2 Å². The molecule has 1 nitrogen and oxygen atoms in total. The van der Waals surface area contributed by atoms with Crippen LogP contribution in [0, 0.1) is 17.3 Å². The van der Waals surface area contributed by atoms with Crippen LogP contribution in [0.2, 0.25) is 0 Å². The van der Waals surface area contributed by atoms with Crippen molar-refractivity contribution in [3.63, 3.8) is 0 Å². The first kappa shape index (κ1) is 10.8. The van der Waals surface area contributed by atoms with E-state index >= 15 is 0 Å². The van der Waals surface area contributed by atoms with Crippen molar-refractivity contribution in [1.29, 1.82) is 0 Å². The lowest BCUT2D eigenvalue weighted by molar-refractivity contribution is -0.119.